The average Bonchev–Trinajstić information content (AvgIpc) is 3.36. The summed E-state index contributed by atoms with van der Waals surface area (Å²) < 4.78 is 38.3. The molecule has 0 unspecified atom stereocenters. The van der Waals surface area contributed by atoms with Gasteiger partial charge in [0, 0.05) is 34.4 Å². The number of hydrogen-bond acceptors (Lipinski definition) is 6. The number of alkyl halides is 3. The molecule has 0 bridgehead atoms. The van der Waals surface area contributed by atoms with Gasteiger partial charge in [-0.1, -0.05) is 17.7 Å². The van der Waals surface area contributed by atoms with Crippen molar-refractivity contribution in [2.24, 2.45) is 0 Å². The fourth-order valence-electron chi connectivity index (χ4n) is 4.13. The van der Waals surface area contributed by atoms with Crippen molar-refractivity contribution in [3.63, 3.8) is 0 Å². The van der Waals surface area contributed by atoms with Gasteiger partial charge in [-0.15, -0.1) is 11.3 Å². The molecule has 40 heavy (non-hydrogen) atoms. The Kier molecular flexibility index (Phi) is 7.55. The molecule has 1 aliphatic rings. The van der Waals surface area contributed by atoms with E-state index in [0.717, 1.165) is 23.5 Å². The van der Waals surface area contributed by atoms with Crippen LogP contribution in [0.1, 0.15) is 36.2 Å². The van der Waals surface area contributed by atoms with Crippen LogP contribution in [0.25, 0.3) is 0 Å². The van der Waals surface area contributed by atoms with E-state index in [-0.39, 0.29) is 29.2 Å². The normalized spacial score (nSPS) is 15.3. The number of thiophene rings is 1. The van der Waals surface area contributed by atoms with Gasteiger partial charge in [-0.3, -0.25) is 19.4 Å². The van der Waals surface area contributed by atoms with Gasteiger partial charge in [0.05, 0.1) is 28.2 Å². The minimum Gasteiger partial charge on any atom is -0.323 e. The molecule has 4 heterocycles. The molecule has 5 rings (SSSR count). The quantitative estimate of drug-likeness (QED) is 0.303. The summed E-state index contributed by atoms with van der Waals surface area (Å²) in [6.07, 6.45) is -2.15. The van der Waals surface area contributed by atoms with Crippen molar-refractivity contribution in [1.82, 2.24) is 14.9 Å². The van der Waals surface area contributed by atoms with Gasteiger partial charge in [0.1, 0.15) is 11.9 Å². The molecule has 0 saturated carbocycles. The number of hydrogen-bond donors (Lipinski definition) is 2. The number of anilines is 2. The predicted octanol–water partition coefficient (Wildman–Crippen LogP) is 5.67. The summed E-state index contributed by atoms with van der Waals surface area (Å²) in [6, 6.07) is 14.1. The van der Waals surface area contributed by atoms with E-state index in [4.69, 9.17) is 11.6 Å². The minimum atomic E-state index is -4.54. The predicted molar refractivity (Wildman–Crippen MR) is 143 cm³/mol. The van der Waals surface area contributed by atoms with Crippen LogP contribution in [0.2, 0.25) is 5.02 Å². The highest BCUT2D eigenvalue weighted by Crippen LogP contribution is 2.31. The third-order valence-corrected chi connectivity index (χ3v) is 7.39. The van der Waals surface area contributed by atoms with E-state index >= 15 is 0 Å². The third kappa shape index (κ3) is 5.97. The van der Waals surface area contributed by atoms with Crippen molar-refractivity contribution < 1.29 is 27.6 Å². The van der Waals surface area contributed by atoms with Crippen LogP contribution in [-0.2, 0) is 23.9 Å². The topological polar surface area (TPSA) is 104 Å². The highest BCUT2D eigenvalue weighted by Gasteiger charge is 2.36. The van der Waals surface area contributed by atoms with Crippen molar-refractivity contribution in [1.29, 1.82) is 0 Å². The summed E-state index contributed by atoms with van der Waals surface area (Å²) in [4.78, 5) is 50.0. The fraction of sp³-hybridized carbons (Fsp3) is 0.148. The van der Waals surface area contributed by atoms with E-state index < -0.39 is 35.5 Å². The van der Waals surface area contributed by atoms with Crippen LogP contribution in [0.3, 0.4) is 0 Å². The second kappa shape index (κ2) is 11.1. The van der Waals surface area contributed by atoms with Gasteiger partial charge >= 0.3 is 6.18 Å². The van der Waals surface area contributed by atoms with Gasteiger partial charge in [-0.05, 0) is 54.6 Å². The van der Waals surface area contributed by atoms with E-state index in [9.17, 15) is 27.6 Å². The van der Waals surface area contributed by atoms with Gasteiger partial charge in [-0.25, -0.2) is 4.98 Å². The Morgan fingerprint density at radius 3 is 2.60 bits per heavy atom. The van der Waals surface area contributed by atoms with Crippen molar-refractivity contribution in [2.45, 2.75) is 25.2 Å². The number of halogens is 4. The molecule has 0 radical (unpaired) electrons. The highest BCUT2D eigenvalue weighted by molar-refractivity contribution is 7.14. The third-order valence-electron chi connectivity index (χ3n) is 6.08. The Balaban J connectivity index is 1.39. The summed E-state index contributed by atoms with van der Waals surface area (Å²) >= 11 is 7.18. The van der Waals surface area contributed by atoms with Gasteiger partial charge in [0.15, 0.2) is 0 Å². The summed E-state index contributed by atoms with van der Waals surface area (Å²) in [5, 5.41) is 5.62. The number of aromatic nitrogens is 2. The molecule has 2 N–H and O–H groups in total. The molecule has 0 spiro atoms. The van der Waals surface area contributed by atoms with E-state index in [1.54, 1.807) is 42.6 Å². The Hall–Kier alpha value is -4.29. The number of carbonyl (C=O) groups excluding carboxylic acids is 3. The first-order valence-corrected chi connectivity index (χ1v) is 13.0. The molecule has 4 aromatic rings. The van der Waals surface area contributed by atoms with Crippen molar-refractivity contribution >= 4 is 52.2 Å². The number of pyridine rings is 2. The van der Waals surface area contributed by atoms with E-state index in [2.05, 4.69) is 20.6 Å². The molecular formula is C27H19ClF3N5O3S. The summed E-state index contributed by atoms with van der Waals surface area (Å²) in [5.41, 5.74) is 0.245. The Bertz CT molecular complexity index is 1580. The first kappa shape index (κ1) is 27.3. The largest absolute Gasteiger partial charge is 0.417 e. The van der Waals surface area contributed by atoms with E-state index in [1.807, 2.05) is 0 Å². The van der Waals surface area contributed by atoms with Crippen LogP contribution >= 0.6 is 22.9 Å². The van der Waals surface area contributed by atoms with Crippen LogP contribution in [0, 0.1) is 0 Å². The Labute approximate surface area is 234 Å². The lowest BCUT2D eigenvalue weighted by atomic mass is 10.1. The number of nitrogens with one attached hydrogen (secondary N) is 2. The molecular weight excluding hydrogens is 567 g/mol. The van der Waals surface area contributed by atoms with Crippen LogP contribution < -0.4 is 10.6 Å². The summed E-state index contributed by atoms with van der Waals surface area (Å²) in [7, 11) is 0. The monoisotopic (exact) mass is 585 g/mol. The molecule has 8 nitrogen and oxygen atoms in total. The Morgan fingerprint density at radius 2 is 1.90 bits per heavy atom. The molecule has 3 aromatic heterocycles. The molecule has 13 heteroatoms. The molecule has 1 atom stereocenters. The van der Waals surface area contributed by atoms with E-state index in [0.29, 0.717) is 27.5 Å². The summed E-state index contributed by atoms with van der Waals surface area (Å²) in [5.74, 6) is -1.44. The molecule has 204 valence electrons. The molecule has 1 aliphatic heterocycles. The number of fused-ring (bicyclic) bond motifs is 1. The number of benzene rings is 1. The molecule has 1 aromatic carbocycles. The number of rotatable bonds is 6. The maximum Gasteiger partial charge on any atom is 0.417 e. The molecule has 0 aliphatic carbocycles. The van der Waals surface area contributed by atoms with Crippen molar-refractivity contribution in [3.05, 3.63) is 105 Å². The molecule has 3 amide bonds. The van der Waals surface area contributed by atoms with Crippen LogP contribution in [0.4, 0.5) is 24.7 Å². The molecule has 0 saturated heterocycles. The van der Waals surface area contributed by atoms with E-state index in [1.165, 1.54) is 17.0 Å². The Morgan fingerprint density at radius 1 is 1.07 bits per heavy atom. The van der Waals surface area contributed by atoms with Gasteiger partial charge in [0.25, 0.3) is 11.8 Å². The SMILES string of the molecule is O=C(Nc1ccc(C(F)(F)F)cn1)c1ccc(CN2C(=O)c3ccc(Cl)cc3NC(=O)[C@H]2Cc2ccccn2)s1. The number of nitrogens with zero attached hydrogens (tertiary/aromatic N) is 3. The standard InChI is InChI=1S/C27H19ClF3N5O3S/c28-16-5-7-19-20(11-16)34-24(37)21(12-17-3-1-2-10-32-17)36(26(19)39)14-18-6-8-22(40-18)25(38)35-23-9-4-15(13-33-23)27(29,30)31/h1-11,13,21H,12,14H2,(H,34,37)(H,33,35,38)/t21-/m1/s1. The first-order valence-electron chi connectivity index (χ1n) is 11.8. The van der Waals surface area contributed by atoms with Crippen molar-refractivity contribution in [2.75, 3.05) is 10.6 Å². The highest BCUT2D eigenvalue weighted by atomic mass is 35.5. The minimum absolute atomic E-state index is 0.0162. The van der Waals surface area contributed by atoms with Gasteiger partial charge in [-0.2, -0.15) is 13.2 Å². The fourth-order valence-corrected chi connectivity index (χ4v) is 5.20. The van der Waals surface area contributed by atoms with Crippen molar-refractivity contribution in [3.8, 4) is 0 Å². The zero-order valence-corrected chi connectivity index (χ0v) is 22.0. The number of carbonyl (C=O) groups is 3. The maximum atomic E-state index is 13.7. The van der Waals surface area contributed by atoms with Crippen LogP contribution in [0.5, 0.6) is 0 Å². The summed E-state index contributed by atoms with van der Waals surface area (Å²) in [6.45, 7) is 0.0162. The second-order valence-electron chi connectivity index (χ2n) is 8.80. The second-order valence-corrected chi connectivity index (χ2v) is 10.4. The zero-order valence-electron chi connectivity index (χ0n) is 20.4. The molecule has 0 fully saturated rings. The van der Waals surface area contributed by atoms with Crippen LogP contribution in [-0.4, -0.2) is 38.6 Å². The first-order chi connectivity index (χ1) is 19.1. The lowest BCUT2D eigenvalue weighted by molar-refractivity contribution is -0.137. The lowest BCUT2D eigenvalue weighted by Gasteiger charge is -2.28. The zero-order chi connectivity index (χ0) is 28.4. The lowest BCUT2D eigenvalue weighted by Crippen LogP contribution is -2.46. The average molecular weight is 586 g/mol. The maximum absolute atomic E-state index is 13.7. The van der Waals surface area contributed by atoms with Crippen LogP contribution in [0.15, 0.2) is 73.1 Å². The van der Waals surface area contributed by atoms with Gasteiger partial charge < -0.3 is 15.5 Å². The van der Waals surface area contributed by atoms with Gasteiger partial charge in [0.2, 0.25) is 5.91 Å². The number of amides is 3. The smallest absolute Gasteiger partial charge is 0.323 e.